The van der Waals surface area contributed by atoms with Crippen LogP contribution in [0.3, 0.4) is 0 Å². The highest BCUT2D eigenvalue weighted by Crippen LogP contribution is 2.25. The molecular formula is C14H18N2O4. The van der Waals surface area contributed by atoms with E-state index >= 15 is 0 Å². The zero-order valence-corrected chi connectivity index (χ0v) is 11.8. The number of nitrogens with one attached hydrogen (secondary N) is 1. The number of aryl methyl sites for hydroxylation is 1. The van der Waals surface area contributed by atoms with Gasteiger partial charge in [0.15, 0.2) is 0 Å². The molecule has 1 unspecified atom stereocenters. The van der Waals surface area contributed by atoms with Crippen molar-refractivity contribution >= 4 is 11.9 Å². The summed E-state index contributed by atoms with van der Waals surface area (Å²) in [4.78, 5) is 27.1. The summed E-state index contributed by atoms with van der Waals surface area (Å²) in [6.45, 7) is 6.04. The lowest BCUT2D eigenvalue weighted by Gasteiger charge is -2.26. The molecule has 1 aliphatic rings. The molecule has 20 heavy (non-hydrogen) atoms. The van der Waals surface area contributed by atoms with Crippen LogP contribution in [-0.4, -0.2) is 40.2 Å². The zero-order chi connectivity index (χ0) is 14.9. The Morgan fingerprint density at radius 1 is 1.45 bits per heavy atom. The summed E-state index contributed by atoms with van der Waals surface area (Å²) < 4.78 is 5.55. The summed E-state index contributed by atoms with van der Waals surface area (Å²) in [7, 11) is 0. The van der Waals surface area contributed by atoms with Gasteiger partial charge in [0.1, 0.15) is 5.69 Å². The minimum atomic E-state index is -1.05. The average molecular weight is 278 g/mol. The molecule has 2 rings (SSSR count). The highest BCUT2D eigenvalue weighted by atomic mass is 16.5. The maximum absolute atomic E-state index is 12.1. The molecule has 1 saturated heterocycles. The number of carbonyl (C=O) groups is 2. The van der Waals surface area contributed by atoms with Crippen molar-refractivity contribution in [3.05, 3.63) is 29.1 Å². The summed E-state index contributed by atoms with van der Waals surface area (Å²) in [5, 5.41) is 11.8. The zero-order valence-electron chi connectivity index (χ0n) is 11.8. The van der Waals surface area contributed by atoms with Crippen molar-refractivity contribution in [3.63, 3.8) is 0 Å². The topological polar surface area (TPSA) is 88.5 Å². The van der Waals surface area contributed by atoms with Gasteiger partial charge in [0, 0.05) is 6.61 Å². The van der Waals surface area contributed by atoms with Crippen molar-refractivity contribution in [1.29, 1.82) is 0 Å². The normalized spacial score (nSPS) is 20.6. The van der Waals surface area contributed by atoms with E-state index in [4.69, 9.17) is 9.84 Å². The van der Waals surface area contributed by atoms with Gasteiger partial charge in [0.25, 0.3) is 5.91 Å². The molecule has 6 nitrogen and oxygen atoms in total. The Balaban J connectivity index is 2.14. The van der Waals surface area contributed by atoms with Crippen LogP contribution in [0, 0.1) is 6.92 Å². The Kier molecular flexibility index (Phi) is 3.76. The Labute approximate surface area is 117 Å². The van der Waals surface area contributed by atoms with Crippen molar-refractivity contribution in [2.75, 3.05) is 6.61 Å². The Bertz CT molecular complexity index is 554. The fourth-order valence-corrected chi connectivity index (χ4v) is 2.28. The number of pyridine rings is 1. The van der Waals surface area contributed by atoms with Crippen molar-refractivity contribution < 1.29 is 19.4 Å². The molecule has 0 saturated carbocycles. The van der Waals surface area contributed by atoms with Crippen molar-refractivity contribution in [2.45, 2.75) is 38.8 Å². The van der Waals surface area contributed by atoms with Crippen molar-refractivity contribution in [3.8, 4) is 0 Å². The molecule has 1 aromatic heterocycles. The van der Waals surface area contributed by atoms with E-state index in [1.807, 2.05) is 13.8 Å². The molecule has 108 valence electrons. The van der Waals surface area contributed by atoms with Crippen LogP contribution in [0.15, 0.2) is 12.1 Å². The molecule has 1 amide bonds. The van der Waals surface area contributed by atoms with Gasteiger partial charge in [-0.05, 0) is 39.3 Å². The molecule has 1 aliphatic heterocycles. The number of nitrogens with zero attached hydrogens (tertiary/aromatic N) is 1. The average Bonchev–Trinajstić information content (AvgIpc) is 2.68. The molecule has 6 heteroatoms. The monoisotopic (exact) mass is 278 g/mol. The van der Waals surface area contributed by atoms with E-state index in [1.165, 1.54) is 12.1 Å². The number of aromatic nitrogens is 1. The first-order chi connectivity index (χ1) is 9.31. The summed E-state index contributed by atoms with van der Waals surface area (Å²) in [6.07, 6.45) is 0.755. The van der Waals surface area contributed by atoms with E-state index in [9.17, 15) is 9.59 Å². The number of hydrogen-bond acceptors (Lipinski definition) is 4. The SMILES string of the molecule is Cc1nc(C(=O)NC2CCOC2(C)C)ccc1C(=O)O. The third kappa shape index (κ3) is 2.80. The largest absolute Gasteiger partial charge is 0.478 e. The fraction of sp³-hybridized carbons (Fsp3) is 0.500. The van der Waals surface area contributed by atoms with E-state index in [1.54, 1.807) is 6.92 Å². The van der Waals surface area contributed by atoms with Gasteiger partial charge in [-0.15, -0.1) is 0 Å². The number of hydrogen-bond donors (Lipinski definition) is 2. The summed E-state index contributed by atoms with van der Waals surface area (Å²) in [6, 6.07) is 2.75. The van der Waals surface area contributed by atoms with Gasteiger partial charge in [-0.2, -0.15) is 0 Å². The Hall–Kier alpha value is -1.95. The van der Waals surface area contributed by atoms with Crippen LogP contribution < -0.4 is 5.32 Å². The number of carbonyl (C=O) groups excluding carboxylic acids is 1. The molecule has 2 heterocycles. The highest BCUT2D eigenvalue weighted by molar-refractivity contribution is 5.94. The lowest BCUT2D eigenvalue weighted by atomic mass is 9.99. The van der Waals surface area contributed by atoms with E-state index in [0.717, 1.165) is 6.42 Å². The summed E-state index contributed by atoms with van der Waals surface area (Å²) in [5.41, 5.74) is 0.250. The lowest BCUT2D eigenvalue weighted by molar-refractivity contribution is 0.0212. The summed E-state index contributed by atoms with van der Waals surface area (Å²) >= 11 is 0. The molecule has 0 radical (unpaired) electrons. The first-order valence-corrected chi connectivity index (χ1v) is 6.47. The first-order valence-electron chi connectivity index (χ1n) is 6.47. The van der Waals surface area contributed by atoms with E-state index in [0.29, 0.717) is 12.3 Å². The van der Waals surface area contributed by atoms with E-state index < -0.39 is 11.6 Å². The van der Waals surface area contributed by atoms with Crippen LogP contribution in [0.4, 0.5) is 0 Å². The second-order valence-corrected chi connectivity index (χ2v) is 5.40. The lowest BCUT2D eigenvalue weighted by Crippen LogP contribution is -2.46. The molecular weight excluding hydrogens is 260 g/mol. The predicted molar refractivity (Wildman–Crippen MR) is 71.8 cm³/mol. The molecule has 0 spiro atoms. The molecule has 1 atom stereocenters. The standard InChI is InChI=1S/C14H18N2O4/c1-8-9(13(18)19)4-5-10(15-8)12(17)16-11-6-7-20-14(11,2)3/h4-5,11H,6-7H2,1-3H3,(H,16,17)(H,18,19). The van der Waals surface area contributed by atoms with Crippen LogP contribution in [-0.2, 0) is 4.74 Å². The fourth-order valence-electron chi connectivity index (χ4n) is 2.28. The third-order valence-corrected chi connectivity index (χ3v) is 3.57. The number of ether oxygens (including phenoxy) is 1. The van der Waals surface area contributed by atoms with E-state index in [2.05, 4.69) is 10.3 Å². The van der Waals surface area contributed by atoms with Gasteiger partial charge in [-0.3, -0.25) is 4.79 Å². The molecule has 0 aliphatic carbocycles. The number of carboxylic acid groups (broad SMARTS) is 1. The van der Waals surface area contributed by atoms with Gasteiger partial charge < -0.3 is 15.2 Å². The maximum atomic E-state index is 12.1. The van der Waals surface area contributed by atoms with Gasteiger partial charge in [0.05, 0.1) is 22.9 Å². The molecule has 1 fully saturated rings. The number of aromatic carboxylic acids is 1. The van der Waals surface area contributed by atoms with Gasteiger partial charge in [-0.25, -0.2) is 9.78 Å². The van der Waals surface area contributed by atoms with Gasteiger partial charge in [0.2, 0.25) is 0 Å². The molecule has 0 aromatic carbocycles. The molecule has 1 aromatic rings. The second-order valence-electron chi connectivity index (χ2n) is 5.40. The minimum Gasteiger partial charge on any atom is -0.478 e. The van der Waals surface area contributed by atoms with Crippen molar-refractivity contribution in [1.82, 2.24) is 10.3 Å². The first kappa shape index (κ1) is 14.5. The van der Waals surface area contributed by atoms with Crippen LogP contribution >= 0.6 is 0 Å². The predicted octanol–water partition coefficient (Wildman–Crippen LogP) is 1.39. The number of amides is 1. The minimum absolute atomic E-state index is 0.0729. The van der Waals surface area contributed by atoms with Crippen LogP contribution in [0.5, 0.6) is 0 Å². The third-order valence-electron chi connectivity index (χ3n) is 3.57. The quantitative estimate of drug-likeness (QED) is 0.872. The van der Waals surface area contributed by atoms with Crippen molar-refractivity contribution in [2.24, 2.45) is 0 Å². The second kappa shape index (κ2) is 5.20. The van der Waals surface area contributed by atoms with Crippen LogP contribution in [0.1, 0.15) is 46.8 Å². The summed E-state index contributed by atoms with van der Waals surface area (Å²) in [5.74, 6) is -1.36. The molecule has 0 bridgehead atoms. The smallest absolute Gasteiger partial charge is 0.337 e. The Morgan fingerprint density at radius 3 is 2.65 bits per heavy atom. The highest BCUT2D eigenvalue weighted by Gasteiger charge is 2.37. The maximum Gasteiger partial charge on any atom is 0.337 e. The van der Waals surface area contributed by atoms with Gasteiger partial charge >= 0.3 is 5.97 Å². The van der Waals surface area contributed by atoms with Gasteiger partial charge in [-0.1, -0.05) is 0 Å². The number of rotatable bonds is 3. The molecule has 2 N–H and O–H groups in total. The van der Waals surface area contributed by atoms with E-state index in [-0.39, 0.29) is 23.2 Å². The number of carboxylic acids is 1. The van der Waals surface area contributed by atoms with Crippen LogP contribution in [0.25, 0.3) is 0 Å². The Morgan fingerprint density at radius 2 is 2.15 bits per heavy atom. The van der Waals surface area contributed by atoms with Crippen LogP contribution in [0.2, 0.25) is 0 Å².